The van der Waals surface area contributed by atoms with E-state index in [4.69, 9.17) is 9.84 Å². The number of benzene rings is 3. The third kappa shape index (κ3) is 5.87. The average molecular weight is 553 g/mol. The number of ether oxygens (including phenoxy) is 1. The van der Waals surface area contributed by atoms with Crippen molar-refractivity contribution in [2.45, 2.75) is 26.4 Å². The van der Waals surface area contributed by atoms with Crippen LogP contribution in [0.1, 0.15) is 30.9 Å². The van der Waals surface area contributed by atoms with E-state index in [-0.39, 0.29) is 11.7 Å². The maximum atomic E-state index is 13.3. The number of amides is 1. The van der Waals surface area contributed by atoms with E-state index in [0.29, 0.717) is 23.2 Å². The lowest BCUT2D eigenvalue weighted by molar-refractivity contribution is -0.113. The highest BCUT2D eigenvalue weighted by molar-refractivity contribution is 8.18. The van der Waals surface area contributed by atoms with Gasteiger partial charge in [0, 0.05) is 30.4 Å². The molecule has 1 saturated heterocycles. The molecule has 3 aromatic carbocycles. The number of hydrogen-bond donors (Lipinski definition) is 0. The lowest BCUT2D eigenvalue weighted by atomic mass is 10.0. The van der Waals surface area contributed by atoms with Crippen LogP contribution in [0.5, 0.6) is 5.75 Å². The summed E-state index contributed by atoms with van der Waals surface area (Å²) >= 11 is 1.44. The highest BCUT2D eigenvalue weighted by Gasteiger charge is 2.29. The van der Waals surface area contributed by atoms with Gasteiger partial charge in [0.2, 0.25) is 0 Å². The van der Waals surface area contributed by atoms with Gasteiger partial charge in [-0.05, 0) is 78.6 Å². The molecule has 6 nitrogen and oxygen atoms in total. The molecular formula is C32H29FN4O2S. The molecule has 2 aliphatic heterocycles. The summed E-state index contributed by atoms with van der Waals surface area (Å²) in [5.41, 5.74) is 4.21. The number of thioether (sulfide) groups is 1. The van der Waals surface area contributed by atoms with Gasteiger partial charge in [0.25, 0.3) is 5.91 Å². The molecule has 0 aliphatic carbocycles. The Morgan fingerprint density at radius 3 is 2.70 bits per heavy atom. The van der Waals surface area contributed by atoms with Crippen LogP contribution in [0.15, 0.2) is 95.0 Å². The van der Waals surface area contributed by atoms with E-state index in [9.17, 15) is 9.18 Å². The van der Waals surface area contributed by atoms with Crippen molar-refractivity contribution in [3.63, 3.8) is 0 Å². The molecule has 0 saturated carbocycles. The van der Waals surface area contributed by atoms with Gasteiger partial charge in [-0.15, -0.1) is 0 Å². The van der Waals surface area contributed by atoms with Gasteiger partial charge in [0.05, 0.1) is 10.6 Å². The third-order valence-corrected chi connectivity index (χ3v) is 8.06. The molecule has 1 unspecified atom stereocenters. The smallest absolute Gasteiger partial charge is 0.286 e. The van der Waals surface area contributed by atoms with Crippen LogP contribution in [-0.2, 0) is 11.4 Å². The number of carbonyl (C=O) groups is 1. The molecule has 1 fully saturated rings. The summed E-state index contributed by atoms with van der Waals surface area (Å²) in [6, 6.07) is 23.9. The molecule has 0 radical (unpaired) electrons. The molecule has 0 N–H and O–H groups in total. The number of likely N-dealkylation sites (tertiary alicyclic amines) is 1. The Labute approximate surface area is 237 Å². The maximum Gasteiger partial charge on any atom is 0.286 e. The topological polar surface area (TPSA) is 59.7 Å². The number of hydrogen-bond acceptors (Lipinski definition) is 5. The number of nitrogens with zero attached hydrogens (tertiary/aromatic N) is 4. The summed E-state index contributed by atoms with van der Waals surface area (Å²) in [4.78, 5) is 20.2. The molecule has 2 aliphatic rings. The SMILES string of the molecule is CC1CCCN(C2=NC(=O)/C(=C/c3cn(-c4ccccc4)nc3-c3cccc(OCc4ccc(F)cc4)c3)S2)C1. The molecule has 1 amide bonds. The van der Waals surface area contributed by atoms with Crippen LogP contribution in [0.25, 0.3) is 23.0 Å². The van der Waals surface area contributed by atoms with E-state index in [1.807, 2.05) is 71.6 Å². The fourth-order valence-corrected chi connectivity index (χ4v) is 5.89. The molecule has 40 heavy (non-hydrogen) atoms. The Morgan fingerprint density at radius 2 is 1.90 bits per heavy atom. The third-order valence-electron chi connectivity index (χ3n) is 7.01. The first kappa shape index (κ1) is 26.1. The first-order chi connectivity index (χ1) is 19.5. The molecule has 3 heterocycles. The number of amidine groups is 1. The number of halogens is 1. The van der Waals surface area contributed by atoms with E-state index >= 15 is 0 Å². The van der Waals surface area contributed by atoms with Crippen molar-refractivity contribution in [2.24, 2.45) is 10.9 Å². The lowest BCUT2D eigenvalue weighted by Gasteiger charge is -2.31. The fraction of sp³-hybridized carbons (Fsp3) is 0.219. The normalized spacial score (nSPS) is 18.3. The Hall–Kier alpha value is -4.17. The van der Waals surface area contributed by atoms with Gasteiger partial charge in [-0.25, -0.2) is 9.07 Å². The van der Waals surface area contributed by atoms with Gasteiger partial charge in [-0.2, -0.15) is 10.1 Å². The standard InChI is InChI=1S/C32H29FN4O2S/c1-22-7-6-16-36(19-22)32-34-31(38)29(40-32)18-25-20-37(27-9-3-2-4-10-27)35-30(25)24-8-5-11-28(17-24)39-21-23-12-14-26(33)15-13-23/h2-5,8-15,17-18,20,22H,6-7,16,19,21H2,1H3/b29-18-. The van der Waals surface area contributed by atoms with Gasteiger partial charge in [0.1, 0.15) is 23.9 Å². The van der Waals surface area contributed by atoms with Crippen LogP contribution in [0.3, 0.4) is 0 Å². The van der Waals surface area contributed by atoms with E-state index in [1.54, 1.807) is 12.1 Å². The van der Waals surface area contributed by atoms with Crippen molar-refractivity contribution in [3.8, 4) is 22.7 Å². The molecule has 0 bridgehead atoms. The Morgan fingerprint density at radius 1 is 1.07 bits per heavy atom. The summed E-state index contributed by atoms with van der Waals surface area (Å²) < 4.78 is 21.1. The summed E-state index contributed by atoms with van der Waals surface area (Å²) in [5, 5.41) is 5.70. The quantitative estimate of drug-likeness (QED) is 0.242. The van der Waals surface area contributed by atoms with Crippen LogP contribution < -0.4 is 4.74 Å². The fourth-order valence-electron chi connectivity index (χ4n) is 4.95. The highest BCUT2D eigenvalue weighted by atomic mass is 32.2. The summed E-state index contributed by atoms with van der Waals surface area (Å²) in [6.07, 6.45) is 6.16. The predicted octanol–water partition coefficient (Wildman–Crippen LogP) is 6.96. The Balaban J connectivity index is 1.30. The first-order valence-electron chi connectivity index (χ1n) is 13.4. The van der Waals surface area contributed by atoms with Crippen LogP contribution in [0.4, 0.5) is 4.39 Å². The van der Waals surface area contributed by atoms with Crippen LogP contribution in [-0.4, -0.2) is 38.8 Å². The Bertz CT molecular complexity index is 1580. The van der Waals surface area contributed by atoms with E-state index in [0.717, 1.165) is 52.7 Å². The number of aromatic nitrogens is 2. The minimum absolute atomic E-state index is 0.215. The van der Waals surface area contributed by atoms with Crippen molar-refractivity contribution in [2.75, 3.05) is 13.1 Å². The van der Waals surface area contributed by atoms with Crippen molar-refractivity contribution in [1.29, 1.82) is 0 Å². The minimum Gasteiger partial charge on any atom is -0.489 e. The zero-order chi connectivity index (χ0) is 27.5. The van der Waals surface area contributed by atoms with Crippen molar-refractivity contribution in [1.82, 2.24) is 14.7 Å². The van der Waals surface area contributed by atoms with Gasteiger partial charge in [-0.3, -0.25) is 4.79 Å². The molecule has 8 heteroatoms. The van der Waals surface area contributed by atoms with Gasteiger partial charge in [0.15, 0.2) is 5.17 Å². The summed E-state index contributed by atoms with van der Waals surface area (Å²) in [5.74, 6) is 0.774. The van der Waals surface area contributed by atoms with Crippen molar-refractivity contribution >= 4 is 28.9 Å². The zero-order valence-electron chi connectivity index (χ0n) is 22.2. The van der Waals surface area contributed by atoms with Gasteiger partial charge in [-0.1, -0.05) is 49.4 Å². The van der Waals surface area contributed by atoms with E-state index < -0.39 is 0 Å². The zero-order valence-corrected chi connectivity index (χ0v) is 23.0. The largest absolute Gasteiger partial charge is 0.489 e. The lowest BCUT2D eigenvalue weighted by Crippen LogP contribution is -2.37. The Kier molecular flexibility index (Phi) is 7.51. The molecule has 1 aromatic heterocycles. The number of para-hydroxylation sites is 1. The molecule has 0 spiro atoms. The maximum absolute atomic E-state index is 13.3. The molecule has 6 rings (SSSR count). The first-order valence-corrected chi connectivity index (χ1v) is 14.2. The molecular weight excluding hydrogens is 523 g/mol. The second-order valence-corrected chi connectivity index (χ2v) is 11.2. The number of aliphatic imine (C=N–C) groups is 1. The van der Waals surface area contributed by atoms with E-state index in [1.165, 1.54) is 30.3 Å². The van der Waals surface area contributed by atoms with Crippen LogP contribution >= 0.6 is 11.8 Å². The molecule has 202 valence electrons. The minimum atomic E-state index is -0.275. The average Bonchev–Trinajstić information content (AvgIpc) is 3.57. The van der Waals surface area contributed by atoms with Gasteiger partial charge < -0.3 is 9.64 Å². The predicted molar refractivity (Wildman–Crippen MR) is 158 cm³/mol. The molecule has 1 atom stereocenters. The van der Waals surface area contributed by atoms with Crippen LogP contribution in [0, 0.1) is 11.7 Å². The second kappa shape index (κ2) is 11.5. The highest BCUT2D eigenvalue weighted by Crippen LogP contribution is 2.35. The number of piperidine rings is 1. The van der Waals surface area contributed by atoms with Crippen molar-refractivity contribution < 1.29 is 13.9 Å². The second-order valence-electron chi connectivity index (χ2n) is 10.2. The number of carbonyl (C=O) groups excluding carboxylic acids is 1. The number of rotatable bonds is 6. The van der Waals surface area contributed by atoms with Crippen molar-refractivity contribution in [3.05, 3.63) is 107 Å². The molecule has 4 aromatic rings. The summed E-state index contributed by atoms with van der Waals surface area (Å²) in [6.45, 7) is 4.42. The van der Waals surface area contributed by atoms with Crippen LogP contribution in [0.2, 0.25) is 0 Å². The monoisotopic (exact) mass is 552 g/mol. The summed E-state index contributed by atoms with van der Waals surface area (Å²) in [7, 11) is 0. The van der Waals surface area contributed by atoms with E-state index in [2.05, 4.69) is 16.8 Å². The van der Waals surface area contributed by atoms with Gasteiger partial charge >= 0.3 is 0 Å².